The lowest BCUT2D eigenvalue weighted by Gasteiger charge is -2.27. The Morgan fingerprint density at radius 2 is 2.00 bits per heavy atom. The zero-order chi connectivity index (χ0) is 15.3. The molecular formula is C16H24N2O3. The van der Waals surface area contributed by atoms with Crippen LogP contribution >= 0.6 is 0 Å². The lowest BCUT2D eigenvalue weighted by atomic mass is 9.84. The number of rotatable bonds is 6. The number of ether oxygens (including phenoxy) is 2. The Labute approximate surface area is 125 Å². The molecule has 1 aromatic carbocycles. The number of nitrogens with two attached hydrogens (primary N) is 1. The van der Waals surface area contributed by atoms with Crippen molar-refractivity contribution in [2.24, 2.45) is 5.73 Å². The summed E-state index contributed by atoms with van der Waals surface area (Å²) in [7, 11) is 0. The first-order valence-corrected chi connectivity index (χ1v) is 7.40. The van der Waals surface area contributed by atoms with Crippen LogP contribution in [-0.2, 0) is 10.2 Å². The summed E-state index contributed by atoms with van der Waals surface area (Å²) >= 11 is 0. The van der Waals surface area contributed by atoms with E-state index in [1.165, 1.54) is 0 Å². The van der Waals surface area contributed by atoms with Crippen molar-refractivity contribution in [3.05, 3.63) is 23.8 Å². The molecule has 1 aliphatic heterocycles. The van der Waals surface area contributed by atoms with Crippen LogP contribution in [0.15, 0.2) is 18.2 Å². The highest BCUT2D eigenvalue weighted by atomic mass is 16.6. The van der Waals surface area contributed by atoms with Gasteiger partial charge in [0.15, 0.2) is 11.5 Å². The van der Waals surface area contributed by atoms with Gasteiger partial charge in [0, 0.05) is 18.4 Å². The van der Waals surface area contributed by atoms with Crippen LogP contribution in [-0.4, -0.2) is 32.2 Å². The Kier molecular flexibility index (Phi) is 5.07. The normalized spacial score (nSPS) is 13.9. The first-order chi connectivity index (χ1) is 10.0. The van der Waals surface area contributed by atoms with E-state index in [9.17, 15) is 4.79 Å². The molecule has 0 aromatic heterocycles. The molecule has 0 saturated carbocycles. The van der Waals surface area contributed by atoms with E-state index < -0.39 is 0 Å². The Hall–Kier alpha value is -1.75. The monoisotopic (exact) mass is 292 g/mol. The minimum Gasteiger partial charge on any atom is -0.486 e. The molecule has 0 atom stereocenters. The molecule has 0 spiro atoms. The van der Waals surface area contributed by atoms with Crippen molar-refractivity contribution in [3.63, 3.8) is 0 Å². The maximum absolute atomic E-state index is 11.7. The summed E-state index contributed by atoms with van der Waals surface area (Å²) in [6.45, 7) is 6.48. The van der Waals surface area contributed by atoms with E-state index in [0.29, 0.717) is 32.7 Å². The highest BCUT2D eigenvalue weighted by molar-refractivity contribution is 5.76. The summed E-state index contributed by atoms with van der Waals surface area (Å²) < 4.78 is 11.1. The van der Waals surface area contributed by atoms with E-state index in [0.717, 1.165) is 23.5 Å². The molecule has 0 unspecified atom stereocenters. The number of carbonyl (C=O) groups excluding carboxylic acids is 1. The Morgan fingerprint density at radius 1 is 1.29 bits per heavy atom. The van der Waals surface area contributed by atoms with Crippen molar-refractivity contribution in [3.8, 4) is 11.5 Å². The molecule has 5 nitrogen and oxygen atoms in total. The number of amides is 1. The minimum absolute atomic E-state index is 0.0473. The number of carbonyl (C=O) groups is 1. The van der Waals surface area contributed by atoms with Crippen molar-refractivity contribution in [2.45, 2.75) is 32.1 Å². The second-order valence-electron chi connectivity index (χ2n) is 5.91. The van der Waals surface area contributed by atoms with E-state index in [4.69, 9.17) is 15.2 Å². The smallest absolute Gasteiger partial charge is 0.220 e. The molecule has 2 rings (SSSR count). The van der Waals surface area contributed by atoms with Crippen LogP contribution in [0.5, 0.6) is 11.5 Å². The molecular weight excluding hydrogens is 268 g/mol. The Balaban J connectivity index is 2.00. The standard InChI is InChI=1S/C16H24N2O3/c1-16(2,11-18-15(19)4-3-7-17)12-5-6-13-14(10-12)21-9-8-20-13/h5-6,10H,3-4,7-9,11,17H2,1-2H3,(H,18,19). The summed E-state index contributed by atoms with van der Waals surface area (Å²) in [5.41, 5.74) is 6.35. The van der Waals surface area contributed by atoms with Crippen LogP contribution in [0.4, 0.5) is 0 Å². The van der Waals surface area contributed by atoms with Crippen molar-refractivity contribution in [1.29, 1.82) is 0 Å². The molecule has 0 fully saturated rings. The predicted molar refractivity (Wildman–Crippen MR) is 81.8 cm³/mol. The van der Waals surface area contributed by atoms with Gasteiger partial charge in [0.25, 0.3) is 0 Å². The summed E-state index contributed by atoms with van der Waals surface area (Å²) in [5.74, 6) is 1.61. The third-order valence-electron chi connectivity index (χ3n) is 3.66. The molecule has 0 aliphatic carbocycles. The Morgan fingerprint density at radius 3 is 2.71 bits per heavy atom. The van der Waals surface area contributed by atoms with E-state index in [1.807, 2.05) is 18.2 Å². The van der Waals surface area contributed by atoms with Crippen LogP contribution in [0.3, 0.4) is 0 Å². The third kappa shape index (κ3) is 4.11. The maximum atomic E-state index is 11.7. The van der Waals surface area contributed by atoms with Gasteiger partial charge in [-0.2, -0.15) is 0 Å². The van der Waals surface area contributed by atoms with Crippen LogP contribution in [0, 0.1) is 0 Å². The number of hydrogen-bond donors (Lipinski definition) is 2. The summed E-state index contributed by atoms with van der Waals surface area (Å²) in [6, 6.07) is 5.96. The van der Waals surface area contributed by atoms with Crippen LogP contribution in [0.1, 0.15) is 32.3 Å². The van der Waals surface area contributed by atoms with Crippen LogP contribution < -0.4 is 20.5 Å². The van der Waals surface area contributed by atoms with Gasteiger partial charge >= 0.3 is 0 Å². The first-order valence-electron chi connectivity index (χ1n) is 7.40. The van der Waals surface area contributed by atoms with Gasteiger partial charge in [0.2, 0.25) is 5.91 Å². The molecule has 0 saturated heterocycles. The number of nitrogens with one attached hydrogen (secondary N) is 1. The van der Waals surface area contributed by atoms with E-state index in [-0.39, 0.29) is 11.3 Å². The molecule has 1 aliphatic rings. The SMILES string of the molecule is CC(C)(CNC(=O)CCCN)c1ccc2c(c1)OCCO2. The van der Waals surface area contributed by atoms with Gasteiger partial charge in [-0.1, -0.05) is 19.9 Å². The van der Waals surface area contributed by atoms with Crippen molar-refractivity contribution in [2.75, 3.05) is 26.3 Å². The lowest BCUT2D eigenvalue weighted by molar-refractivity contribution is -0.121. The lowest BCUT2D eigenvalue weighted by Crippen LogP contribution is -2.36. The van der Waals surface area contributed by atoms with Gasteiger partial charge in [-0.15, -0.1) is 0 Å². The Bertz CT molecular complexity index is 500. The molecule has 3 N–H and O–H groups in total. The van der Waals surface area contributed by atoms with Gasteiger partial charge in [-0.05, 0) is 30.7 Å². The van der Waals surface area contributed by atoms with Crippen molar-refractivity contribution in [1.82, 2.24) is 5.32 Å². The average molecular weight is 292 g/mol. The van der Waals surface area contributed by atoms with Crippen LogP contribution in [0.25, 0.3) is 0 Å². The van der Waals surface area contributed by atoms with Gasteiger partial charge in [0.05, 0.1) is 0 Å². The number of benzene rings is 1. The summed E-state index contributed by atoms with van der Waals surface area (Å²) in [5, 5.41) is 2.97. The predicted octanol–water partition coefficient (Wildman–Crippen LogP) is 1.59. The molecule has 0 radical (unpaired) electrons. The molecule has 1 heterocycles. The van der Waals surface area contributed by atoms with Crippen LogP contribution in [0.2, 0.25) is 0 Å². The highest BCUT2D eigenvalue weighted by Crippen LogP contribution is 2.34. The first kappa shape index (κ1) is 15.6. The van der Waals surface area contributed by atoms with Crippen molar-refractivity contribution < 1.29 is 14.3 Å². The van der Waals surface area contributed by atoms with Crippen molar-refractivity contribution >= 4 is 5.91 Å². The fourth-order valence-electron chi connectivity index (χ4n) is 2.24. The molecule has 21 heavy (non-hydrogen) atoms. The molecule has 116 valence electrons. The fraction of sp³-hybridized carbons (Fsp3) is 0.562. The zero-order valence-electron chi connectivity index (χ0n) is 12.8. The quantitative estimate of drug-likeness (QED) is 0.835. The van der Waals surface area contributed by atoms with Gasteiger partial charge in [0.1, 0.15) is 13.2 Å². The van der Waals surface area contributed by atoms with E-state index >= 15 is 0 Å². The fourth-order valence-corrected chi connectivity index (χ4v) is 2.24. The summed E-state index contributed by atoms with van der Waals surface area (Å²) in [4.78, 5) is 11.7. The molecule has 0 bridgehead atoms. The largest absolute Gasteiger partial charge is 0.486 e. The highest BCUT2D eigenvalue weighted by Gasteiger charge is 2.24. The van der Waals surface area contributed by atoms with E-state index in [1.54, 1.807) is 0 Å². The second-order valence-corrected chi connectivity index (χ2v) is 5.91. The summed E-state index contributed by atoms with van der Waals surface area (Å²) in [6.07, 6.45) is 1.20. The topological polar surface area (TPSA) is 73.6 Å². The maximum Gasteiger partial charge on any atom is 0.220 e. The van der Waals surface area contributed by atoms with Gasteiger partial charge in [-0.3, -0.25) is 4.79 Å². The molecule has 1 aromatic rings. The zero-order valence-corrected chi connectivity index (χ0v) is 12.8. The van der Waals surface area contributed by atoms with Gasteiger partial charge < -0.3 is 20.5 Å². The van der Waals surface area contributed by atoms with E-state index in [2.05, 4.69) is 19.2 Å². The average Bonchev–Trinajstić information content (AvgIpc) is 2.50. The van der Waals surface area contributed by atoms with Gasteiger partial charge in [-0.25, -0.2) is 0 Å². The third-order valence-corrected chi connectivity index (χ3v) is 3.66. The molecule has 1 amide bonds. The minimum atomic E-state index is -0.172. The second kappa shape index (κ2) is 6.80. The molecule has 5 heteroatoms. The number of fused-ring (bicyclic) bond motifs is 1. The number of hydrogen-bond acceptors (Lipinski definition) is 4.